The van der Waals surface area contributed by atoms with Crippen LogP contribution in [0.2, 0.25) is 0 Å². The van der Waals surface area contributed by atoms with Gasteiger partial charge in [0.15, 0.2) is 0 Å². The summed E-state index contributed by atoms with van der Waals surface area (Å²) in [4.78, 5) is 1.39. The Kier molecular flexibility index (Phi) is 1.31. The van der Waals surface area contributed by atoms with Crippen LogP contribution in [0.5, 0.6) is 0 Å². The molecule has 0 aliphatic heterocycles. The van der Waals surface area contributed by atoms with Crippen molar-refractivity contribution >= 4 is 23.9 Å². The Morgan fingerprint density at radius 2 is 2.10 bits per heavy atom. The molecule has 0 aromatic heterocycles. The highest BCUT2D eigenvalue weighted by atomic mass is 32.2. The van der Waals surface area contributed by atoms with Gasteiger partial charge in [-0.2, -0.15) is 0 Å². The maximum atomic E-state index is 2.17. The van der Waals surface area contributed by atoms with E-state index in [4.69, 9.17) is 0 Å². The van der Waals surface area contributed by atoms with Gasteiger partial charge in [0.05, 0.1) is 0 Å². The molecule has 0 saturated carbocycles. The minimum atomic E-state index is 1.38. The molecule has 1 aliphatic rings. The molecule has 0 radical (unpaired) electrons. The highest BCUT2D eigenvalue weighted by molar-refractivity contribution is 7.98. The molecule has 0 unspecified atom stereocenters. The van der Waals surface area contributed by atoms with Crippen molar-refractivity contribution in [3.8, 4) is 0 Å². The van der Waals surface area contributed by atoms with Crippen LogP contribution in [0, 0.1) is 0 Å². The second-order valence-electron chi connectivity index (χ2n) is 2.30. The average molecular weight is 148 g/mol. The second kappa shape index (κ2) is 2.17. The van der Waals surface area contributed by atoms with Gasteiger partial charge in [-0.15, -0.1) is 11.8 Å². The van der Waals surface area contributed by atoms with Crippen LogP contribution < -0.4 is 0 Å². The summed E-state index contributed by atoms with van der Waals surface area (Å²) in [5, 5.41) is 0. The Morgan fingerprint density at radius 3 is 2.60 bits per heavy atom. The summed E-state index contributed by atoms with van der Waals surface area (Å²) in [7, 11) is 0. The number of hydrogen-bond acceptors (Lipinski definition) is 1. The van der Waals surface area contributed by atoms with Crippen molar-refractivity contribution in [2.24, 2.45) is 0 Å². The van der Waals surface area contributed by atoms with E-state index >= 15 is 0 Å². The van der Waals surface area contributed by atoms with Crippen LogP contribution in [0.25, 0.3) is 12.2 Å². The van der Waals surface area contributed by atoms with Gasteiger partial charge in [0.1, 0.15) is 0 Å². The van der Waals surface area contributed by atoms with Crippen molar-refractivity contribution in [2.75, 3.05) is 6.26 Å². The van der Waals surface area contributed by atoms with Gasteiger partial charge in [-0.3, -0.25) is 0 Å². The van der Waals surface area contributed by atoms with Gasteiger partial charge in [0.25, 0.3) is 0 Å². The first-order valence-electron chi connectivity index (χ1n) is 3.27. The minimum Gasteiger partial charge on any atom is -0.129 e. The molecule has 0 N–H and O–H groups in total. The molecule has 50 valence electrons. The van der Waals surface area contributed by atoms with Crippen LogP contribution in [-0.2, 0) is 0 Å². The van der Waals surface area contributed by atoms with E-state index in [9.17, 15) is 0 Å². The Hall–Kier alpha value is -0.690. The first-order chi connectivity index (χ1) is 4.92. The number of benzene rings is 1. The zero-order valence-corrected chi connectivity index (χ0v) is 6.61. The maximum Gasteiger partial charge on any atom is 0.0148 e. The lowest BCUT2D eigenvalue weighted by atomic mass is 9.98. The first kappa shape index (κ1) is 6.05. The van der Waals surface area contributed by atoms with Crippen molar-refractivity contribution in [3.63, 3.8) is 0 Å². The lowest BCUT2D eigenvalue weighted by Crippen LogP contribution is -1.90. The topological polar surface area (TPSA) is 0 Å². The molecule has 1 heteroatoms. The van der Waals surface area contributed by atoms with Crippen molar-refractivity contribution in [1.29, 1.82) is 0 Å². The zero-order valence-electron chi connectivity index (χ0n) is 5.79. The Morgan fingerprint density at radius 1 is 1.20 bits per heavy atom. The molecule has 1 aromatic rings. The third-order valence-electron chi connectivity index (χ3n) is 1.75. The van der Waals surface area contributed by atoms with Gasteiger partial charge in [0.2, 0.25) is 0 Å². The number of hydrogen-bond donors (Lipinski definition) is 0. The normalized spacial score (nSPS) is 12.5. The van der Waals surface area contributed by atoms with E-state index in [-0.39, 0.29) is 0 Å². The van der Waals surface area contributed by atoms with Crippen molar-refractivity contribution in [1.82, 2.24) is 0 Å². The third kappa shape index (κ3) is 0.706. The van der Waals surface area contributed by atoms with Gasteiger partial charge in [-0.25, -0.2) is 0 Å². The largest absolute Gasteiger partial charge is 0.129 e. The monoisotopic (exact) mass is 148 g/mol. The first-order valence-corrected chi connectivity index (χ1v) is 4.49. The van der Waals surface area contributed by atoms with Gasteiger partial charge in [-0.05, 0) is 23.4 Å². The van der Waals surface area contributed by atoms with Crippen LogP contribution in [0.4, 0.5) is 0 Å². The summed E-state index contributed by atoms with van der Waals surface area (Å²) in [6, 6.07) is 6.41. The van der Waals surface area contributed by atoms with E-state index in [0.29, 0.717) is 0 Å². The summed E-state index contributed by atoms with van der Waals surface area (Å²) in [5.74, 6) is 0. The Labute approximate surface area is 65.0 Å². The quantitative estimate of drug-likeness (QED) is 0.560. The number of thioether (sulfide) groups is 1. The molecule has 0 heterocycles. The van der Waals surface area contributed by atoms with Gasteiger partial charge >= 0.3 is 0 Å². The van der Waals surface area contributed by atoms with E-state index in [2.05, 4.69) is 36.6 Å². The molecular formula is C9H8S. The molecule has 0 spiro atoms. The molecule has 0 fully saturated rings. The summed E-state index contributed by atoms with van der Waals surface area (Å²) in [6.45, 7) is 0. The fraction of sp³-hybridized carbons (Fsp3) is 0.111. The molecule has 0 amide bonds. The highest BCUT2D eigenvalue weighted by Crippen LogP contribution is 2.31. The van der Waals surface area contributed by atoms with Crippen molar-refractivity contribution < 1.29 is 0 Å². The molecule has 0 atom stereocenters. The molecule has 1 aromatic carbocycles. The lowest BCUT2D eigenvalue weighted by molar-refractivity contribution is 1.39. The smallest absolute Gasteiger partial charge is 0.0148 e. The SMILES string of the molecule is CSc1cccc2c1C=C2. The zero-order chi connectivity index (χ0) is 6.97. The van der Waals surface area contributed by atoms with E-state index in [1.807, 2.05) is 11.8 Å². The van der Waals surface area contributed by atoms with E-state index < -0.39 is 0 Å². The number of rotatable bonds is 1. The molecule has 0 saturated heterocycles. The van der Waals surface area contributed by atoms with E-state index in [1.54, 1.807) is 0 Å². The second-order valence-corrected chi connectivity index (χ2v) is 3.14. The predicted octanol–water partition coefficient (Wildman–Crippen LogP) is 2.89. The molecule has 2 rings (SSSR count). The van der Waals surface area contributed by atoms with Gasteiger partial charge < -0.3 is 0 Å². The average Bonchev–Trinajstić information content (AvgIpc) is 1.91. The van der Waals surface area contributed by atoms with Crippen molar-refractivity contribution in [3.05, 3.63) is 29.3 Å². The van der Waals surface area contributed by atoms with Crippen LogP contribution in [0.15, 0.2) is 23.1 Å². The minimum absolute atomic E-state index is 1.38. The Bertz CT molecular complexity index is 287. The van der Waals surface area contributed by atoms with Crippen LogP contribution in [0.3, 0.4) is 0 Å². The molecule has 0 bridgehead atoms. The summed E-state index contributed by atoms with van der Waals surface area (Å²) >= 11 is 1.81. The van der Waals surface area contributed by atoms with E-state index in [1.165, 1.54) is 16.0 Å². The molecule has 0 nitrogen and oxygen atoms in total. The molecule has 1 aliphatic carbocycles. The van der Waals surface area contributed by atoms with E-state index in [0.717, 1.165) is 0 Å². The van der Waals surface area contributed by atoms with Crippen molar-refractivity contribution in [2.45, 2.75) is 4.90 Å². The van der Waals surface area contributed by atoms with Crippen LogP contribution in [0.1, 0.15) is 11.1 Å². The molecule has 10 heavy (non-hydrogen) atoms. The fourth-order valence-electron chi connectivity index (χ4n) is 1.14. The summed E-state index contributed by atoms with van der Waals surface area (Å²) in [5.41, 5.74) is 2.79. The number of fused-ring (bicyclic) bond motifs is 1. The maximum absolute atomic E-state index is 2.17. The van der Waals surface area contributed by atoms with Gasteiger partial charge in [-0.1, -0.05) is 24.3 Å². The van der Waals surface area contributed by atoms with Crippen LogP contribution in [-0.4, -0.2) is 6.26 Å². The standard InChI is InChI=1S/C9H8S/c1-10-9-4-2-3-7-5-6-8(7)9/h2-6H,1H3. The summed E-state index contributed by atoms with van der Waals surface area (Å²) in [6.07, 6.45) is 6.43. The predicted molar refractivity (Wildman–Crippen MR) is 47.2 cm³/mol. The van der Waals surface area contributed by atoms with Gasteiger partial charge in [0, 0.05) is 4.90 Å². The highest BCUT2D eigenvalue weighted by Gasteiger charge is 2.07. The third-order valence-corrected chi connectivity index (χ3v) is 2.55. The Balaban J connectivity index is 2.55. The molecular weight excluding hydrogens is 140 g/mol. The fourth-order valence-corrected chi connectivity index (χ4v) is 1.76. The summed E-state index contributed by atoms with van der Waals surface area (Å²) < 4.78 is 0. The lowest BCUT2D eigenvalue weighted by Gasteiger charge is -2.12. The van der Waals surface area contributed by atoms with Crippen LogP contribution >= 0.6 is 11.8 Å².